The fourth-order valence-corrected chi connectivity index (χ4v) is 2.93. The Kier molecular flexibility index (Phi) is 3.38. The minimum atomic E-state index is 0.243. The molecule has 1 fully saturated rings. The van der Waals surface area contributed by atoms with E-state index in [0.29, 0.717) is 0 Å². The van der Waals surface area contributed by atoms with Gasteiger partial charge in [0.25, 0.3) is 0 Å². The smallest absolute Gasteiger partial charge is 0.0948 e. The molecule has 3 heteroatoms. The predicted octanol–water partition coefficient (Wildman–Crippen LogP) is 2.38. The topological polar surface area (TPSA) is 29.9 Å². The van der Waals surface area contributed by atoms with Gasteiger partial charge < -0.3 is 9.88 Å². The number of benzene rings is 1. The van der Waals surface area contributed by atoms with Crippen molar-refractivity contribution in [2.75, 3.05) is 13.1 Å². The van der Waals surface area contributed by atoms with E-state index >= 15 is 0 Å². The van der Waals surface area contributed by atoms with Crippen LogP contribution >= 0.6 is 0 Å². The molecule has 2 heterocycles. The zero-order chi connectivity index (χ0) is 13.1. The summed E-state index contributed by atoms with van der Waals surface area (Å²) in [4.78, 5) is 4.36. The van der Waals surface area contributed by atoms with Crippen molar-refractivity contribution in [3.63, 3.8) is 0 Å². The summed E-state index contributed by atoms with van der Waals surface area (Å²) in [7, 11) is 0. The zero-order valence-electron chi connectivity index (χ0n) is 11.5. The molecule has 1 aliphatic heterocycles. The van der Waals surface area contributed by atoms with Gasteiger partial charge in [-0.05, 0) is 24.9 Å². The van der Waals surface area contributed by atoms with Gasteiger partial charge in [0.2, 0.25) is 0 Å². The van der Waals surface area contributed by atoms with Crippen LogP contribution in [0.2, 0.25) is 0 Å². The van der Waals surface area contributed by atoms with Crippen molar-refractivity contribution in [2.24, 2.45) is 0 Å². The molecule has 1 N–H and O–H groups in total. The van der Waals surface area contributed by atoms with Gasteiger partial charge in [0.15, 0.2) is 0 Å². The monoisotopic (exact) mass is 255 g/mol. The number of rotatable bonds is 4. The van der Waals surface area contributed by atoms with Crippen LogP contribution in [0.15, 0.2) is 42.9 Å². The molecule has 1 saturated heterocycles. The molecular weight excluding hydrogens is 234 g/mol. The molecule has 0 amide bonds. The SMILES string of the molecule is CC1(c2cncn2CCc2ccccc2)CCNC1. The van der Waals surface area contributed by atoms with Crippen LogP contribution in [0, 0.1) is 0 Å². The summed E-state index contributed by atoms with van der Waals surface area (Å²) in [6, 6.07) is 10.7. The highest BCUT2D eigenvalue weighted by molar-refractivity contribution is 5.18. The van der Waals surface area contributed by atoms with Crippen molar-refractivity contribution in [3.8, 4) is 0 Å². The summed E-state index contributed by atoms with van der Waals surface area (Å²) < 4.78 is 2.32. The van der Waals surface area contributed by atoms with E-state index in [4.69, 9.17) is 0 Å². The van der Waals surface area contributed by atoms with Crippen molar-refractivity contribution >= 4 is 0 Å². The van der Waals surface area contributed by atoms with Crippen molar-refractivity contribution in [1.82, 2.24) is 14.9 Å². The van der Waals surface area contributed by atoms with Crippen LogP contribution in [0.1, 0.15) is 24.6 Å². The molecule has 2 aromatic rings. The average molecular weight is 255 g/mol. The van der Waals surface area contributed by atoms with Crippen LogP contribution in [0.5, 0.6) is 0 Å². The van der Waals surface area contributed by atoms with Gasteiger partial charge in [0.1, 0.15) is 0 Å². The van der Waals surface area contributed by atoms with Gasteiger partial charge in [-0.3, -0.25) is 0 Å². The fraction of sp³-hybridized carbons (Fsp3) is 0.438. The van der Waals surface area contributed by atoms with Crippen molar-refractivity contribution in [1.29, 1.82) is 0 Å². The largest absolute Gasteiger partial charge is 0.334 e. The molecule has 3 rings (SSSR count). The van der Waals surface area contributed by atoms with E-state index in [1.165, 1.54) is 17.7 Å². The van der Waals surface area contributed by atoms with E-state index in [-0.39, 0.29) is 5.41 Å². The van der Waals surface area contributed by atoms with Crippen LogP contribution < -0.4 is 5.32 Å². The van der Waals surface area contributed by atoms with Crippen molar-refractivity contribution in [2.45, 2.75) is 31.7 Å². The Hall–Kier alpha value is -1.61. The normalized spacial score (nSPS) is 22.8. The highest BCUT2D eigenvalue weighted by Gasteiger charge is 2.33. The molecule has 0 aliphatic carbocycles. The molecule has 1 unspecified atom stereocenters. The van der Waals surface area contributed by atoms with Crippen molar-refractivity contribution < 1.29 is 0 Å². The van der Waals surface area contributed by atoms with E-state index in [2.05, 4.69) is 52.1 Å². The zero-order valence-corrected chi connectivity index (χ0v) is 11.5. The standard InChI is InChI=1S/C16H21N3/c1-16(8-9-17-12-16)15-11-18-13-19(15)10-7-14-5-3-2-4-6-14/h2-6,11,13,17H,7-10,12H2,1H3. The summed E-state index contributed by atoms with van der Waals surface area (Å²) in [5, 5.41) is 3.46. The maximum absolute atomic E-state index is 4.36. The lowest BCUT2D eigenvalue weighted by atomic mass is 9.86. The molecule has 3 nitrogen and oxygen atoms in total. The summed E-state index contributed by atoms with van der Waals surface area (Å²) in [5.74, 6) is 0. The van der Waals surface area contributed by atoms with E-state index in [0.717, 1.165) is 26.1 Å². The lowest BCUT2D eigenvalue weighted by molar-refractivity contribution is 0.472. The minimum absolute atomic E-state index is 0.243. The Morgan fingerprint density at radius 3 is 2.89 bits per heavy atom. The highest BCUT2D eigenvalue weighted by Crippen LogP contribution is 2.29. The molecule has 0 saturated carbocycles. The van der Waals surface area contributed by atoms with Gasteiger partial charge in [-0.25, -0.2) is 4.98 Å². The first-order valence-corrected chi connectivity index (χ1v) is 7.03. The number of imidazole rings is 1. The number of aromatic nitrogens is 2. The van der Waals surface area contributed by atoms with Gasteiger partial charge in [-0.1, -0.05) is 37.3 Å². The predicted molar refractivity (Wildman–Crippen MR) is 77.2 cm³/mol. The molecule has 100 valence electrons. The van der Waals surface area contributed by atoms with Crippen LogP contribution in [-0.4, -0.2) is 22.6 Å². The molecular formula is C16H21N3. The van der Waals surface area contributed by atoms with Crippen molar-refractivity contribution in [3.05, 3.63) is 54.1 Å². The Morgan fingerprint density at radius 1 is 1.32 bits per heavy atom. The number of nitrogens with zero attached hydrogens (tertiary/aromatic N) is 2. The Bertz CT molecular complexity index is 524. The number of nitrogens with one attached hydrogen (secondary N) is 1. The van der Waals surface area contributed by atoms with E-state index in [9.17, 15) is 0 Å². The van der Waals surface area contributed by atoms with Gasteiger partial charge in [-0.2, -0.15) is 0 Å². The second kappa shape index (κ2) is 5.17. The summed E-state index contributed by atoms with van der Waals surface area (Å²) in [5.41, 5.74) is 3.00. The summed E-state index contributed by atoms with van der Waals surface area (Å²) >= 11 is 0. The van der Waals surface area contributed by atoms with Crippen LogP contribution in [0.4, 0.5) is 0 Å². The molecule has 19 heavy (non-hydrogen) atoms. The Balaban J connectivity index is 1.74. The van der Waals surface area contributed by atoms with E-state index < -0.39 is 0 Å². The third-order valence-corrected chi connectivity index (χ3v) is 4.18. The lowest BCUT2D eigenvalue weighted by Gasteiger charge is -2.24. The van der Waals surface area contributed by atoms with Crippen LogP contribution in [0.25, 0.3) is 0 Å². The summed E-state index contributed by atoms with van der Waals surface area (Å²) in [6.45, 7) is 5.52. The maximum Gasteiger partial charge on any atom is 0.0948 e. The molecule has 1 aliphatic rings. The van der Waals surface area contributed by atoms with Crippen LogP contribution in [-0.2, 0) is 18.4 Å². The number of aryl methyl sites for hydroxylation is 2. The molecule has 0 spiro atoms. The first kappa shape index (κ1) is 12.4. The van der Waals surface area contributed by atoms with Gasteiger partial charge in [0, 0.05) is 30.4 Å². The van der Waals surface area contributed by atoms with Gasteiger partial charge >= 0.3 is 0 Å². The third kappa shape index (κ3) is 2.56. The Labute approximate surface area is 114 Å². The molecule has 1 aromatic heterocycles. The maximum atomic E-state index is 4.36. The first-order chi connectivity index (χ1) is 9.28. The molecule has 0 radical (unpaired) electrons. The first-order valence-electron chi connectivity index (χ1n) is 7.03. The lowest BCUT2D eigenvalue weighted by Crippen LogP contribution is -2.28. The number of hydrogen-bond acceptors (Lipinski definition) is 2. The average Bonchev–Trinajstić information content (AvgIpc) is 3.07. The van der Waals surface area contributed by atoms with E-state index in [1.54, 1.807) is 0 Å². The molecule has 0 bridgehead atoms. The minimum Gasteiger partial charge on any atom is -0.334 e. The number of hydrogen-bond donors (Lipinski definition) is 1. The van der Waals surface area contributed by atoms with Gasteiger partial charge in [0.05, 0.1) is 6.33 Å². The highest BCUT2D eigenvalue weighted by atomic mass is 15.1. The molecule has 1 atom stereocenters. The van der Waals surface area contributed by atoms with Crippen LogP contribution in [0.3, 0.4) is 0 Å². The Morgan fingerprint density at radius 2 is 2.16 bits per heavy atom. The molecule has 1 aromatic carbocycles. The summed E-state index contributed by atoms with van der Waals surface area (Å²) in [6.07, 6.45) is 6.28. The van der Waals surface area contributed by atoms with E-state index in [1.807, 2.05) is 12.5 Å². The van der Waals surface area contributed by atoms with Gasteiger partial charge in [-0.15, -0.1) is 0 Å². The second-order valence-corrected chi connectivity index (χ2v) is 5.70. The fourth-order valence-electron chi connectivity index (χ4n) is 2.93. The second-order valence-electron chi connectivity index (χ2n) is 5.70. The quantitative estimate of drug-likeness (QED) is 0.909. The third-order valence-electron chi connectivity index (χ3n) is 4.18.